The van der Waals surface area contributed by atoms with E-state index in [9.17, 15) is 9.18 Å². The highest BCUT2D eigenvalue weighted by molar-refractivity contribution is 6.03. The van der Waals surface area contributed by atoms with Crippen LogP contribution < -0.4 is 4.74 Å². The number of ketones is 1. The maximum Gasteiger partial charge on any atom is 0.167 e. The molecule has 98 valence electrons. The van der Waals surface area contributed by atoms with Gasteiger partial charge in [-0.05, 0) is 25.0 Å². The Labute approximate surface area is 106 Å². The molecule has 1 aromatic rings. The monoisotopic (exact) mass is 252 g/mol. The van der Waals surface area contributed by atoms with E-state index in [0.717, 1.165) is 0 Å². The van der Waals surface area contributed by atoms with Gasteiger partial charge in [0.1, 0.15) is 18.2 Å². The van der Waals surface area contributed by atoms with Gasteiger partial charge in [-0.1, -0.05) is 6.92 Å². The van der Waals surface area contributed by atoms with Crippen molar-refractivity contribution in [3.63, 3.8) is 0 Å². The fourth-order valence-corrected chi connectivity index (χ4v) is 2.22. The molecule has 0 aliphatic heterocycles. The number of rotatable bonds is 4. The molecule has 0 amide bonds. The van der Waals surface area contributed by atoms with Gasteiger partial charge in [0.15, 0.2) is 5.78 Å². The smallest absolute Gasteiger partial charge is 0.167 e. The minimum absolute atomic E-state index is 0.0444. The second-order valence-corrected chi connectivity index (χ2v) is 4.72. The molecule has 4 heteroatoms. The van der Waals surface area contributed by atoms with E-state index in [2.05, 4.69) is 0 Å². The minimum atomic E-state index is -0.324. The van der Waals surface area contributed by atoms with Crippen molar-refractivity contribution in [1.29, 1.82) is 0 Å². The minimum Gasteiger partial charge on any atom is -0.490 e. The lowest BCUT2D eigenvalue weighted by Gasteiger charge is -2.14. The highest BCUT2D eigenvalue weighted by atomic mass is 19.1. The van der Waals surface area contributed by atoms with Gasteiger partial charge in [-0.3, -0.25) is 4.79 Å². The molecule has 2 rings (SSSR count). The normalized spacial score (nSPS) is 19.8. The number of carbonyl (C=O) groups excluding carboxylic acids is 1. The van der Waals surface area contributed by atoms with Gasteiger partial charge in [0.25, 0.3) is 0 Å². The van der Waals surface area contributed by atoms with Crippen LogP contribution in [0.25, 0.3) is 0 Å². The van der Waals surface area contributed by atoms with Crippen LogP contribution in [0.1, 0.15) is 42.1 Å². The van der Waals surface area contributed by atoms with Crippen molar-refractivity contribution >= 4 is 5.78 Å². The predicted octanol–water partition coefficient (Wildman–Crippen LogP) is 2.93. The summed E-state index contributed by atoms with van der Waals surface area (Å²) in [5.74, 6) is 0.0214. The maximum absolute atomic E-state index is 13.7. The summed E-state index contributed by atoms with van der Waals surface area (Å²) in [6.45, 7) is 4.07. The molecule has 0 heterocycles. The second kappa shape index (κ2) is 5.06. The Bertz CT molecular complexity index is 470. The van der Waals surface area contributed by atoms with Gasteiger partial charge in [0.05, 0.1) is 11.7 Å². The van der Waals surface area contributed by atoms with Crippen LogP contribution >= 0.6 is 0 Å². The van der Waals surface area contributed by atoms with E-state index in [0.29, 0.717) is 29.9 Å². The zero-order chi connectivity index (χ0) is 13.3. The van der Waals surface area contributed by atoms with Gasteiger partial charge in [-0.25, -0.2) is 4.39 Å². The molecule has 1 aliphatic rings. The molecular weight excluding hydrogens is 235 g/mol. The quantitative estimate of drug-likeness (QED) is 0.826. The SMILES string of the molecule is COC(C)COc1ccc(F)c2c1C(=O)CC2C. The molecule has 2 unspecified atom stereocenters. The molecule has 0 spiro atoms. The summed E-state index contributed by atoms with van der Waals surface area (Å²) >= 11 is 0. The molecule has 2 atom stereocenters. The molecule has 0 fully saturated rings. The lowest BCUT2D eigenvalue weighted by molar-refractivity contribution is 0.0708. The molecule has 0 aromatic heterocycles. The van der Waals surface area contributed by atoms with Crippen molar-refractivity contribution < 1.29 is 18.7 Å². The molecule has 0 radical (unpaired) electrons. The highest BCUT2D eigenvalue weighted by Gasteiger charge is 2.32. The Morgan fingerprint density at radius 1 is 1.50 bits per heavy atom. The lowest BCUT2D eigenvalue weighted by atomic mass is 10.0. The van der Waals surface area contributed by atoms with E-state index in [-0.39, 0.29) is 23.6 Å². The third kappa shape index (κ3) is 2.25. The van der Waals surface area contributed by atoms with Gasteiger partial charge < -0.3 is 9.47 Å². The number of hydrogen-bond donors (Lipinski definition) is 0. The molecule has 1 aromatic carbocycles. The van der Waals surface area contributed by atoms with Crippen LogP contribution in [0, 0.1) is 5.82 Å². The number of hydrogen-bond acceptors (Lipinski definition) is 3. The first-order valence-corrected chi connectivity index (χ1v) is 6.05. The van der Waals surface area contributed by atoms with Crippen molar-refractivity contribution in [2.75, 3.05) is 13.7 Å². The van der Waals surface area contributed by atoms with Crippen molar-refractivity contribution in [2.24, 2.45) is 0 Å². The van der Waals surface area contributed by atoms with Crippen LogP contribution in [-0.4, -0.2) is 25.6 Å². The first-order chi connectivity index (χ1) is 8.54. The zero-order valence-corrected chi connectivity index (χ0v) is 10.8. The molecule has 0 bridgehead atoms. The zero-order valence-electron chi connectivity index (χ0n) is 10.8. The largest absolute Gasteiger partial charge is 0.490 e. The molecule has 18 heavy (non-hydrogen) atoms. The average Bonchev–Trinajstić information content (AvgIpc) is 2.65. The summed E-state index contributed by atoms with van der Waals surface area (Å²) in [7, 11) is 1.59. The molecule has 0 saturated carbocycles. The van der Waals surface area contributed by atoms with Gasteiger partial charge in [0.2, 0.25) is 0 Å². The Morgan fingerprint density at radius 2 is 2.22 bits per heavy atom. The number of halogens is 1. The van der Waals surface area contributed by atoms with Crippen LogP contribution in [0.3, 0.4) is 0 Å². The van der Waals surface area contributed by atoms with Gasteiger partial charge in [-0.2, -0.15) is 0 Å². The summed E-state index contributed by atoms with van der Waals surface area (Å²) in [6.07, 6.45) is 0.284. The van der Waals surface area contributed by atoms with E-state index in [1.54, 1.807) is 7.11 Å². The standard InChI is InChI=1S/C14H17FO3/c1-8-6-11(16)14-12(18-7-9(2)17-3)5-4-10(15)13(8)14/h4-5,8-9H,6-7H2,1-3H3. The Morgan fingerprint density at radius 3 is 2.89 bits per heavy atom. The summed E-state index contributed by atoms with van der Waals surface area (Å²) in [5, 5.41) is 0. The Hall–Kier alpha value is -1.42. The van der Waals surface area contributed by atoms with E-state index in [1.165, 1.54) is 12.1 Å². The number of benzene rings is 1. The first kappa shape index (κ1) is 13.0. The Balaban J connectivity index is 2.30. The molecule has 1 aliphatic carbocycles. The summed E-state index contributed by atoms with van der Waals surface area (Å²) < 4.78 is 24.4. The topological polar surface area (TPSA) is 35.5 Å². The lowest BCUT2D eigenvalue weighted by Crippen LogP contribution is -2.17. The van der Waals surface area contributed by atoms with E-state index in [4.69, 9.17) is 9.47 Å². The van der Waals surface area contributed by atoms with Crippen molar-refractivity contribution in [2.45, 2.75) is 32.3 Å². The Kier molecular flexibility index (Phi) is 3.66. The van der Waals surface area contributed by atoms with Crippen LogP contribution in [0.5, 0.6) is 5.75 Å². The van der Waals surface area contributed by atoms with Crippen molar-refractivity contribution in [3.8, 4) is 5.75 Å². The predicted molar refractivity (Wildman–Crippen MR) is 65.7 cm³/mol. The van der Waals surface area contributed by atoms with Crippen molar-refractivity contribution in [3.05, 3.63) is 29.1 Å². The van der Waals surface area contributed by atoms with Gasteiger partial charge in [0, 0.05) is 19.1 Å². The third-order valence-corrected chi connectivity index (χ3v) is 3.29. The summed E-state index contributed by atoms with van der Waals surface area (Å²) in [6, 6.07) is 2.88. The number of fused-ring (bicyclic) bond motifs is 1. The number of Topliss-reactive ketones (excluding diaryl/α,β-unsaturated/α-hetero) is 1. The van der Waals surface area contributed by atoms with Gasteiger partial charge in [-0.15, -0.1) is 0 Å². The van der Waals surface area contributed by atoms with Crippen LogP contribution in [0.4, 0.5) is 4.39 Å². The van der Waals surface area contributed by atoms with E-state index < -0.39 is 0 Å². The van der Waals surface area contributed by atoms with E-state index in [1.807, 2.05) is 13.8 Å². The average molecular weight is 252 g/mol. The summed E-state index contributed by atoms with van der Waals surface area (Å²) in [4.78, 5) is 11.9. The third-order valence-electron chi connectivity index (χ3n) is 3.29. The molecular formula is C14H17FO3. The molecule has 3 nitrogen and oxygen atoms in total. The molecule has 0 saturated heterocycles. The number of ether oxygens (including phenoxy) is 2. The summed E-state index contributed by atoms with van der Waals surface area (Å²) in [5.41, 5.74) is 0.897. The fraction of sp³-hybridized carbons (Fsp3) is 0.500. The highest BCUT2D eigenvalue weighted by Crippen LogP contribution is 2.39. The van der Waals surface area contributed by atoms with E-state index >= 15 is 0 Å². The fourth-order valence-electron chi connectivity index (χ4n) is 2.22. The second-order valence-electron chi connectivity index (χ2n) is 4.72. The van der Waals surface area contributed by atoms with Crippen molar-refractivity contribution in [1.82, 2.24) is 0 Å². The van der Waals surface area contributed by atoms with Gasteiger partial charge >= 0.3 is 0 Å². The molecule has 0 N–H and O–H groups in total. The van der Waals surface area contributed by atoms with Crippen LogP contribution in [-0.2, 0) is 4.74 Å². The number of carbonyl (C=O) groups is 1. The van der Waals surface area contributed by atoms with Crippen LogP contribution in [0.15, 0.2) is 12.1 Å². The first-order valence-electron chi connectivity index (χ1n) is 6.05. The van der Waals surface area contributed by atoms with Crippen LogP contribution in [0.2, 0.25) is 0 Å². The number of methoxy groups -OCH3 is 1. The maximum atomic E-state index is 13.7.